The van der Waals surface area contributed by atoms with Gasteiger partial charge in [-0.3, -0.25) is 4.79 Å². The monoisotopic (exact) mass is 313 g/mol. The maximum absolute atomic E-state index is 12.8. The van der Waals surface area contributed by atoms with E-state index in [9.17, 15) is 14.3 Å². The predicted octanol–water partition coefficient (Wildman–Crippen LogP) is 1.34. The molecule has 1 amide bonds. The zero-order valence-electron chi connectivity index (χ0n) is 13.2. The number of amides is 1. The summed E-state index contributed by atoms with van der Waals surface area (Å²) >= 11 is 0. The van der Waals surface area contributed by atoms with Crippen LogP contribution in [-0.2, 0) is 4.79 Å². The topological polar surface area (TPSA) is 90.4 Å². The van der Waals surface area contributed by atoms with E-state index in [1.807, 2.05) is 0 Å². The van der Waals surface area contributed by atoms with Gasteiger partial charge in [-0.25, -0.2) is 4.39 Å². The molecule has 6 heteroatoms. The number of nitrogens with zero attached hydrogens (tertiary/aromatic N) is 1. The average molecular weight is 313 g/mol. The number of likely N-dealkylation sites (tertiary alicyclic amines) is 1. The van der Waals surface area contributed by atoms with Crippen molar-refractivity contribution < 1.29 is 14.3 Å². The van der Waals surface area contributed by atoms with E-state index in [0.717, 1.165) is 36.8 Å². The maximum Gasteiger partial charge on any atom is 0.236 e. The van der Waals surface area contributed by atoms with E-state index in [4.69, 9.17) is 11.1 Å². The molecule has 3 fully saturated rings. The van der Waals surface area contributed by atoms with Crippen LogP contribution in [0.2, 0.25) is 0 Å². The van der Waals surface area contributed by atoms with Crippen molar-refractivity contribution in [2.45, 2.75) is 57.3 Å². The van der Waals surface area contributed by atoms with Gasteiger partial charge in [-0.15, -0.1) is 0 Å². The van der Waals surface area contributed by atoms with Gasteiger partial charge in [-0.2, -0.15) is 0 Å². The molecule has 0 aromatic rings. The number of hydrogen-bond donors (Lipinski definition) is 3. The molecule has 0 aromatic carbocycles. The zero-order chi connectivity index (χ0) is 16.3. The van der Waals surface area contributed by atoms with Crippen molar-refractivity contribution in [3.63, 3.8) is 0 Å². The molecular weight excluding hydrogens is 285 g/mol. The SMILES string of the molecule is CC1C[C@@H]2CC(O)C[C@@H]2C1.N=CC1CC(F)CN1C(=O)CN. The molecule has 1 aliphatic heterocycles. The second-order valence-corrected chi connectivity index (χ2v) is 7.04. The summed E-state index contributed by atoms with van der Waals surface area (Å²) in [7, 11) is 0. The van der Waals surface area contributed by atoms with Gasteiger partial charge in [0, 0.05) is 12.6 Å². The first-order valence-electron chi connectivity index (χ1n) is 8.26. The number of fused-ring (bicyclic) bond motifs is 1. The number of carbonyl (C=O) groups is 1. The zero-order valence-corrected chi connectivity index (χ0v) is 13.2. The number of hydrogen-bond acceptors (Lipinski definition) is 4. The highest BCUT2D eigenvalue weighted by Gasteiger charge is 2.39. The number of rotatable bonds is 2. The third-order valence-corrected chi connectivity index (χ3v) is 5.21. The molecule has 0 radical (unpaired) electrons. The van der Waals surface area contributed by atoms with Crippen LogP contribution in [0.1, 0.15) is 39.0 Å². The minimum Gasteiger partial charge on any atom is -0.393 e. The van der Waals surface area contributed by atoms with Gasteiger partial charge >= 0.3 is 0 Å². The molecule has 5 nitrogen and oxygen atoms in total. The van der Waals surface area contributed by atoms with Crippen molar-refractivity contribution in [2.75, 3.05) is 13.1 Å². The summed E-state index contributed by atoms with van der Waals surface area (Å²) in [6, 6.07) is -0.393. The minimum absolute atomic E-state index is 0.0440. The molecule has 1 saturated heterocycles. The molecule has 3 aliphatic rings. The van der Waals surface area contributed by atoms with Gasteiger partial charge in [0.2, 0.25) is 5.91 Å². The second kappa shape index (κ2) is 7.51. The predicted molar refractivity (Wildman–Crippen MR) is 83.5 cm³/mol. The van der Waals surface area contributed by atoms with Gasteiger partial charge in [0.15, 0.2) is 0 Å². The highest BCUT2D eigenvalue weighted by molar-refractivity contribution is 5.82. The Kier molecular flexibility index (Phi) is 5.92. The molecule has 1 heterocycles. The number of aliphatic hydroxyl groups excluding tert-OH is 1. The van der Waals surface area contributed by atoms with E-state index >= 15 is 0 Å². The number of nitrogens with one attached hydrogen (secondary N) is 1. The van der Waals surface area contributed by atoms with E-state index in [-0.39, 0.29) is 31.5 Å². The van der Waals surface area contributed by atoms with Crippen molar-refractivity contribution >= 4 is 12.1 Å². The van der Waals surface area contributed by atoms with Gasteiger partial charge < -0.3 is 21.1 Å². The summed E-state index contributed by atoms with van der Waals surface area (Å²) in [6.45, 7) is 2.30. The summed E-state index contributed by atoms with van der Waals surface area (Å²) in [4.78, 5) is 12.4. The Bertz CT molecular complexity index is 379. The Balaban J connectivity index is 0.000000162. The molecule has 0 spiro atoms. The van der Waals surface area contributed by atoms with Crippen LogP contribution >= 0.6 is 0 Å². The molecule has 4 N–H and O–H groups in total. The van der Waals surface area contributed by atoms with Crippen molar-refractivity contribution in [2.24, 2.45) is 23.5 Å². The minimum atomic E-state index is -1.01. The molecule has 6 atom stereocenters. The molecule has 3 rings (SSSR count). The van der Waals surface area contributed by atoms with E-state index in [2.05, 4.69) is 6.92 Å². The third-order valence-electron chi connectivity index (χ3n) is 5.21. The molecular formula is C16H28FN3O2. The summed E-state index contributed by atoms with van der Waals surface area (Å²) < 4.78 is 12.8. The highest BCUT2D eigenvalue weighted by atomic mass is 19.1. The van der Waals surface area contributed by atoms with Crippen LogP contribution in [0, 0.1) is 23.2 Å². The van der Waals surface area contributed by atoms with Crippen LogP contribution in [0.15, 0.2) is 0 Å². The Morgan fingerprint density at radius 2 is 1.91 bits per heavy atom. The fourth-order valence-electron chi connectivity index (χ4n) is 4.26. The Morgan fingerprint density at radius 3 is 2.41 bits per heavy atom. The van der Waals surface area contributed by atoms with Gasteiger partial charge in [-0.1, -0.05) is 6.92 Å². The molecule has 2 saturated carbocycles. The molecule has 22 heavy (non-hydrogen) atoms. The second-order valence-electron chi connectivity index (χ2n) is 7.04. The van der Waals surface area contributed by atoms with Crippen LogP contribution in [0.25, 0.3) is 0 Å². The van der Waals surface area contributed by atoms with Crippen LogP contribution in [-0.4, -0.2) is 53.5 Å². The summed E-state index contributed by atoms with van der Waals surface area (Å²) in [5, 5.41) is 16.3. The highest BCUT2D eigenvalue weighted by Crippen LogP contribution is 2.46. The van der Waals surface area contributed by atoms with E-state index in [1.54, 1.807) is 0 Å². The molecule has 4 unspecified atom stereocenters. The van der Waals surface area contributed by atoms with Crippen LogP contribution < -0.4 is 5.73 Å². The smallest absolute Gasteiger partial charge is 0.236 e. The Morgan fingerprint density at radius 1 is 1.32 bits per heavy atom. The lowest BCUT2D eigenvalue weighted by Crippen LogP contribution is -2.40. The van der Waals surface area contributed by atoms with Crippen molar-refractivity contribution in [3.8, 4) is 0 Å². The fourth-order valence-corrected chi connectivity index (χ4v) is 4.26. The number of alkyl halides is 1. The van der Waals surface area contributed by atoms with Crippen LogP contribution in [0.5, 0.6) is 0 Å². The Hall–Kier alpha value is -1.01. The first-order chi connectivity index (χ1) is 10.4. The number of aliphatic hydroxyl groups is 1. The lowest BCUT2D eigenvalue weighted by molar-refractivity contribution is -0.129. The number of carbonyl (C=O) groups excluding carboxylic acids is 1. The maximum atomic E-state index is 12.8. The lowest BCUT2D eigenvalue weighted by Gasteiger charge is -2.19. The standard InChI is InChI=1S/C9H16O.C7H12FN3O/c1-6-2-7-4-9(10)5-8(7)3-6;8-5-1-6(2-9)11(4-5)7(12)3-10/h6-10H,2-5H2,1H3;2,5-6,9H,1,3-4,10H2/t6?,7-,8+,9?;. The quantitative estimate of drug-likeness (QED) is 0.672. The first-order valence-corrected chi connectivity index (χ1v) is 8.26. The van der Waals surface area contributed by atoms with E-state index < -0.39 is 12.2 Å². The molecule has 0 aromatic heterocycles. The normalized spacial score (nSPS) is 40.1. The largest absolute Gasteiger partial charge is 0.393 e. The van der Waals surface area contributed by atoms with Crippen molar-refractivity contribution in [3.05, 3.63) is 0 Å². The first kappa shape index (κ1) is 17.3. The number of nitrogens with two attached hydrogens (primary N) is 1. The average Bonchev–Trinajstić information content (AvgIpc) is 3.10. The summed E-state index contributed by atoms with van der Waals surface area (Å²) in [5.41, 5.74) is 5.13. The van der Waals surface area contributed by atoms with E-state index in [0.29, 0.717) is 0 Å². The van der Waals surface area contributed by atoms with E-state index in [1.165, 1.54) is 17.7 Å². The van der Waals surface area contributed by atoms with Gasteiger partial charge in [-0.05, 0) is 43.4 Å². The van der Waals surface area contributed by atoms with Crippen molar-refractivity contribution in [1.29, 1.82) is 5.41 Å². The number of halogens is 1. The van der Waals surface area contributed by atoms with Gasteiger partial charge in [0.05, 0.1) is 25.2 Å². The Labute approximate surface area is 131 Å². The molecule has 2 aliphatic carbocycles. The van der Waals surface area contributed by atoms with Crippen LogP contribution in [0.3, 0.4) is 0 Å². The van der Waals surface area contributed by atoms with Crippen molar-refractivity contribution in [1.82, 2.24) is 4.90 Å². The van der Waals surface area contributed by atoms with Crippen LogP contribution in [0.4, 0.5) is 4.39 Å². The molecule has 0 bridgehead atoms. The molecule has 126 valence electrons. The summed E-state index contributed by atoms with van der Waals surface area (Å²) in [5.74, 6) is 2.40. The van der Waals surface area contributed by atoms with Gasteiger partial charge in [0.1, 0.15) is 6.17 Å². The lowest BCUT2D eigenvalue weighted by atomic mass is 10.0. The summed E-state index contributed by atoms with van der Waals surface area (Å²) in [6.07, 6.45) is 5.30. The third kappa shape index (κ3) is 4.04. The fraction of sp³-hybridized carbons (Fsp3) is 0.875. The van der Waals surface area contributed by atoms with Gasteiger partial charge in [0.25, 0.3) is 0 Å².